The van der Waals surface area contributed by atoms with E-state index in [0.717, 1.165) is 15.7 Å². The number of rotatable bonds is 6. The highest BCUT2D eigenvalue weighted by Gasteiger charge is 2.15. The molecule has 3 N–H and O–H groups in total. The second kappa shape index (κ2) is 7.24. The van der Waals surface area contributed by atoms with Crippen molar-refractivity contribution in [3.05, 3.63) is 40.0 Å². The number of benzene rings is 1. The van der Waals surface area contributed by atoms with E-state index in [4.69, 9.17) is 0 Å². The van der Waals surface area contributed by atoms with Gasteiger partial charge in [-0.15, -0.1) is 0 Å². The molecule has 0 aliphatic rings. The topological polar surface area (TPSA) is 46.5 Å². The molecule has 0 saturated heterocycles. The van der Waals surface area contributed by atoms with Crippen molar-refractivity contribution in [3.8, 4) is 0 Å². The standard InChI is InChI=1S/C13H15BrF2N4S/c1-20-11(13(15)16)6-12(18-20)17-7-8-9(14)4-3-5-10(8)19-21-2/h3-6,13,19H,7H2,1-2H3,(H,17,18)/p+1. The number of quaternary nitrogens is 1. The Morgan fingerprint density at radius 1 is 1.48 bits per heavy atom. The molecule has 2 rings (SSSR count). The summed E-state index contributed by atoms with van der Waals surface area (Å²) in [5.74, 6) is 0.443. The summed E-state index contributed by atoms with van der Waals surface area (Å²) in [6.07, 6.45) is -0.534. The molecular formula is C13H16BrF2N4S+. The average Bonchev–Trinajstić information content (AvgIpc) is 2.80. The molecule has 114 valence electrons. The van der Waals surface area contributed by atoms with Crippen LogP contribution in [0.5, 0.6) is 0 Å². The van der Waals surface area contributed by atoms with Crippen molar-refractivity contribution in [3.63, 3.8) is 0 Å². The number of nitrogens with zero attached hydrogens (tertiary/aromatic N) is 2. The summed E-state index contributed by atoms with van der Waals surface area (Å²) in [6.45, 7) is 0.507. The molecule has 0 atom stereocenters. The lowest BCUT2D eigenvalue weighted by molar-refractivity contribution is -0.377. The largest absolute Gasteiger partial charge is 0.364 e. The highest BCUT2D eigenvalue weighted by Crippen LogP contribution is 2.25. The van der Waals surface area contributed by atoms with Gasteiger partial charge in [0, 0.05) is 42.0 Å². The van der Waals surface area contributed by atoms with Crippen LogP contribution < -0.4 is 10.0 Å². The molecule has 0 aliphatic heterocycles. The molecular weight excluding hydrogens is 362 g/mol. The van der Waals surface area contributed by atoms with Crippen molar-refractivity contribution < 1.29 is 13.5 Å². The number of aromatic nitrogens is 2. The molecule has 0 fully saturated rings. The van der Waals surface area contributed by atoms with Crippen LogP contribution in [0.4, 0.5) is 20.3 Å². The number of hydrogen-bond acceptors (Lipinski definition) is 3. The summed E-state index contributed by atoms with van der Waals surface area (Å²) < 4.78 is 29.7. The average molecular weight is 378 g/mol. The molecule has 1 aromatic carbocycles. The molecule has 1 aromatic heterocycles. The van der Waals surface area contributed by atoms with Crippen molar-refractivity contribution in [2.45, 2.75) is 13.0 Å². The first kappa shape index (κ1) is 16.3. The maximum absolute atomic E-state index is 12.7. The van der Waals surface area contributed by atoms with Crippen LogP contribution in [-0.4, -0.2) is 16.0 Å². The summed E-state index contributed by atoms with van der Waals surface area (Å²) >= 11 is 5.14. The van der Waals surface area contributed by atoms with Gasteiger partial charge in [0.15, 0.2) is 0 Å². The zero-order valence-corrected chi connectivity index (χ0v) is 14.0. The van der Waals surface area contributed by atoms with Gasteiger partial charge in [-0.3, -0.25) is 9.40 Å². The third kappa shape index (κ3) is 3.96. The third-order valence-electron chi connectivity index (χ3n) is 2.99. The smallest absolute Gasteiger partial charge is 0.280 e. The fraction of sp³-hybridized carbons (Fsp3) is 0.308. The second-order valence-corrected chi connectivity index (χ2v) is 5.95. The maximum atomic E-state index is 12.7. The van der Waals surface area contributed by atoms with Crippen LogP contribution in [0, 0.1) is 0 Å². The van der Waals surface area contributed by atoms with E-state index < -0.39 is 6.43 Å². The minimum atomic E-state index is -2.53. The van der Waals surface area contributed by atoms with Crippen LogP contribution in [0.2, 0.25) is 0 Å². The lowest BCUT2D eigenvalue weighted by atomic mass is 10.2. The number of anilines is 1. The van der Waals surface area contributed by atoms with Gasteiger partial charge in [-0.05, 0) is 6.07 Å². The molecule has 1 heterocycles. The summed E-state index contributed by atoms with van der Waals surface area (Å²) in [6, 6.07) is 7.31. The van der Waals surface area contributed by atoms with E-state index in [1.807, 2.05) is 29.2 Å². The van der Waals surface area contributed by atoms with Gasteiger partial charge in [0.2, 0.25) is 0 Å². The van der Waals surface area contributed by atoms with E-state index in [0.29, 0.717) is 12.4 Å². The zero-order chi connectivity index (χ0) is 15.4. The molecule has 0 spiro atoms. The molecule has 21 heavy (non-hydrogen) atoms. The van der Waals surface area contributed by atoms with Crippen molar-refractivity contribution in [1.82, 2.24) is 9.78 Å². The minimum Gasteiger partial charge on any atom is -0.364 e. The summed E-state index contributed by atoms with van der Waals surface area (Å²) in [5.41, 5.74) is 2.06. The molecule has 0 radical (unpaired) electrons. The minimum absolute atomic E-state index is 0.0967. The van der Waals surface area contributed by atoms with Crippen LogP contribution in [0.3, 0.4) is 0 Å². The summed E-state index contributed by atoms with van der Waals surface area (Å²) in [5, 5.41) is 7.14. The van der Waals surface area contributed by atoms with E-state index >= 15 is 0 Å². The summed E-state index contributed by atoms with van der Waals surface area (Å²) in [4.78, 5) is 0. The number of nitrogens with one attached hydrogen (secondary N) is 1. The normalized spacial score (nSPS) is 11.1. The third-order valence-corrected chi connectivity index (χ3v) is 4.22. The Morgan fingerprint density at radius 2 is 2.24 bits per heavy atom. The molecule has 0 aliphatic carbocycles. The molecule has 0 amide bonds. The second-order valence-electron chi connectivity index (χ2n) is 4.39. The fourth-order valence-electron chi connectivity index (χ4n) is 1.95. The van der Waals surface area contributed by atoms with Gasteiger partial charge in [0.25, 0.3) is 6.43 Å². The first-order chi connectivity index (χ1) is 10.0. The molecule has 0 unspecified atom stereocenters. The van der Waals surface area contributed by atoms with E-state index in [1.54, 1.807) is 11.9 Å². The van der Waals surface area contributed by atoms with E-state index in [1.165, 1.54) is 17.8 Å². The lowest BCUT2D eigenvalue weighted by Crippen LogP contribution is -2.68. The number of nitrogens with two attached hydrogens (primary N) is 1. The molecule has 0 saturated carbocycles. The van der Waals surface area contributed by atoms with Gasteiger partial charge in [-0.2, -0.15) is 5.10 Å². The highest BCUT2D eigenvalue weighted by molar-refractivity contribution is 9.10. The van der Waals surface area contributed by atoms with Crippen molar-refractivity contribution >= 4 is 39.4 Å². The van der Waals surface area contributed by atoms with Gasteiger partial charge >= 0.3 is 0 Å². The maximum Gasteiger partial charge on any atom is 0.280 e. The first-order valence-electron chi connectivity index (χ1n) is 6.22. The van der Waals surface area contributed by atoms with Crippen molar-refractivity contribution in [2.24, 2.45) is 7.05 Å². The van der Waals surface area contributed by atoms with E-state index in [9.17, 15) is 8.78 Å². The zero-order valence-electron chi connectivity index (χ0n) is 11.6. The molecule has 8 heteroatoms. The predicted molar refractivity (Wildman–Crippen MR) is 84.7 cm³/mol. The fourth-order valence-corrected chi connectivity index (χ4v) is 2.95. The Balaban J connectivity index is 2.14. The Bertz CT molecular complexity index is 618. The Labute approximate surface area is 134 Å². The van der Waals surface area contributed by atoms with E-state index in [2.05, 4.69) is 26.3 Å². The Kier molecular flexibility index (Phi) is 5.60. The van der Waals surface area contributed by atoms with Crippen LogP contribution >= 0.6 is 27.9 Å². The number of hydrogen-bond donors (Lipinski definition) is 2. The van der Waals surface area contributed by atoms with Gasteiger partial charge in [-0.1, -0.05) is 22.0 Å². The quantitative estimate of drug-likeness (QED) is 0.600. The molecule has 4 nitrogen and oxygen atoms in total. The molecule has 2 aromatic rings. The Hall–Kier alpha value is -1.12. The van der Waals surface area contributed by atoms with Crippen LogP contribution in [0.15, 0.2) is 28.7 Å². The van der Waals surface area contributed by atoms with Crippen molar-refractivity contribution in [2.75, 3.05) is 11.6 Å². The predicted octanol–water partition coefficient (Wildman–Crippen LogP) is 3.21. The first-order valence-corrected chi connectivity index (χ1v) is 8.30. The highest BCUT2D eigenvalue weighted by atomic mass is 79.9. The van der Waals surface area contributed by atoms with Crippen LogP contribution in [0.1, 0.15) is 17.7 Å². The van der Waals surface area contributed by atoms with Gasteiger partial charge in [0.1, 0.15) is 17.2 Å². The van der Waals surface area contributed by atoms with Gasteiger partial charge < -0.3 is 5.32 Å². The Morgan fingerprint density at radius 3 is 2.86 bits per heavy atom. The summed E-state index contributed by atoms with van der Waals surface area (Å²) in [7, 11) is 1.51. The van der Waals surface area contributed by atoms with Crippen molar-refractivity contribution in [1.29, 1.82) is 0 Å². The number of halogens is 3. The number of alkyl halides is 2. The SMILES string of the molecule is CS[NH2+]c1cccc(Br)c1CNc1cc(C(F)F)n(C)n1. The number of aryl methyl sites for hydroxylation is 1. The van der Waals surface area contributed by atoms with Gasteiger partial charge in [-0.25, -0.2) is 8.78 Å². The van der Waals surface area contributed by atoms with Crippen LogP contribution in [0.25, 0.3) is 0 Å². The monoisotopic (exact) mass is 377 g/mol. The lowest BCUT2D eigenvalue weighted by Gasteiger charge is -2.09. The van der Waals surface area contributed by atoms with E-state index in [-0.39, 0.29) is 5.69 Å². The van der Waals surface area contributed by atoms with Crippen LogP contribution in [-0.2, 0) is 13.6 Å². The molecule has 0 bridgehead atoms. The van der Waals surface area contributed by atoms with Gasteiger partial charge in [0.05, 0.1) is 11.9 Å².